The molecule has 0 heterocycles. The number of ether oxygens (including phenoxy) is 2. The summed E-state index contributed by atoms with van der Waals surface area (Å²) in [5.41, 5.74) is 0.230. The molecule has 0 bridgehead atoms. The van der Waals surface area contributed by atoms with Crippen LogP contribution in [0.2, 0.25) is 0 Å². The van der Waals surface area contributed by atoms with Gasteiger partial charge in [0.2, 0.25) is 0 Å². The fraction of sp³-hybridized carbons (Fsp3) is 0.667. The molecule has 0 radical (unpaired) electrons. The molecule has 0 aliphatic rings. The van der Waals surface area contributed by atoms with Gasteiger partial charge in [-0.05, 0) is 37.8 Å². The van der Waals surface area contributed by atoms with Crippen molar-refractivity contribution in [2.24, 2.45) is 5.41 Å². The van der Waals surface area contributed by atoms with E-state index >= 15 is 0 Å². The number of hydrogen-bond acceptors (Lipinski definition) is 4. The van der Waals surface area contributed by atoms with Gasteiger partial charge in [-0.25, -0.2) is 0 Å². The summed E-state index contributed by atoms with van der Waals surface area (Å²) in [6, 6.07) is 7.39. The smallest absolute Gasteiger partial charge is 0.123 e. The Labute approximate surface area is 134 Å². The van der Waals surface area contributed by atoms with Crippen LogP contribution in [0.25, 0.3) is 0 Å². The molecule has 0 saturated heterocycles. The fourth-order valence-corrected chi connectivity index (χ4v) is 2.72. The van der Waals surface area contributed by atoms with Crippen molar-refractivity contribution < 1.29 is 14.6 Å². The second kappa shape index (κ2) is 7.84. The molecule has 0 unspecified atom stereocenters. The predicted octanol–water partition coefficient (Wildman–Crippen LogP) is 3.24. The van der Waals surface area contributed by atoms with Crippen molar-refractivity contribution in [2.45, 2.75) is 52.7 Å². The Kier molecular flexibility index (Phi) is 6.69. The van der Waals surface area contributed by atoms with Crippen molar-refractivity contribution in [3.63, 3.8) is 0 Å². The predicted molar refractivity (Wildman–Crippen MR) is 90.6 cm³/mol. The van der Waals surface area contributed by atoms with Crippen LogP contribution >= 0.6 is 0 Å². The minimum atomic E-state index is -0.551. The third-order valence-electron chi connectivity index (χ3n) is 3.27. The number of aliphatic hydroxyl groups is 1. The van der Waals surface area contributed by atoms with Gasteiger partial charge >= 0.3 is 0 Å². The van der Waals surface area contributed by atoms with Gasteiger partial charge in [0.15, 0.2) is 0 Å². The molecule has 0 aliphatic carbocycles. The third-order valence-corrected chi connectivity index (χ3v) is 3.27. The first-order valence-electron chi connectivity index (χ1n) is 7.81. The molecule has 0 aromatic heterocycles. The van der Waals surface area contributed by atoms with Crippen LogP contribution in [0, 0.1) is 5.41 Å². The molecule has 1 rings (SSSR count). The highest BCUT2D eigenvalue weighted by Gasteiger charge is 2.25. The van der Waals surface area contributed by atoms with E-state index in [4.69, 9.17) is 9.47 Å². The molecule has 0 amide bonds. The first-order valence-corrected chi connectivity index (χ1v) is 7.81. The first-order chi connectivity index (χ1) is 10.1. The number of nitrogens with one attached hydrogen (secondary N) is 1. The Hall–Kier alpha value is -1.26. The normalized spacial score (nSPS) is 13.8. The summed E-state index contributed by atoms with van der Waals surface area (Å²) in [6.07, 6.45) is 0.481. The number of β-amino-alcohol motifs (C(OH)–C–C–N with tert-alkyl or cyclic N) is 1. The number of benzene rings is 1. The molecule has 4 nitrogen and oxygen atoms in total. The highest BCUT2D eigenvalue weighted by molar-refractivity contribution is 5.32. The van der Waals surface area contributed by atoms with E-state index < -0.39 is 6.10 Å². The zero-order valence-corrected chi connectivity index (χ0v) is 14.8. The van der Waals surface area contributed by atoms with E-state index in [2.05, 4.69) is 39.9 Å². The maximum atomic E-state index is 10.1. The molecular formula is C18H31NO3. The number of methoxy groups -OCH3 is 1. The quantitative estimate of drug-likeness (QED) is 0.774. The molecule has 0 fully saturated rings. The fourth-order valence-electron chi connectivity index (χ4n) is 2.72. The van der Waals surface area contributed by atoms with E-state index in [9.17, 15) is 5.11 Å². The van der Waals surface area contributed by atoms with Gasteiger partial charge in [-0.1, -0.05) is 26.8 Å². The third kappa shape index (κ3) is 7.66. The van der Waals surface area contributed by atoms with E-state index in [-0.39, 0.29) is 17.6 Å². The Bertz CT molecular complexity index is 452. The van der Waals surface area contributed by atoms with Crippen molar-refractivity contribution in [3.8, 4) is 11.5 Å². The second-order valence-electron chi connectivity index (χ2n) is 7.65. The Morgan fingerprint density at radius 3 is 2.36 bits per heavy atom. The highest BCUT2D eigenvalue weighted by atomic mass is 16.5. The van der Waals surface area contributed by atoms with Crippen LogP contribution in [-0.4, -0.2) is 37.0 Å². The molecule has 1 aromatic carbocycles. The summed E-state index contributed by atoms with van der Waals surface area (Å²) >= 11 is 0. The lowest BCUT2D eigenvalue weighted by atomic mass is 9.82. The molecular weight excluding hydrogens is 278 g/mol. The highest BCUT2D eigenvalue weighted by Crippen LogP contribution is 2.26. The van der Waals surface area contributed by atoms with Crippen LogP contribution < -0.4 is 14.8 Å². The Balaban J connectivity index is 2.38. The average Bonchev–Trinajstić information content (AvgIpc) is 2.40. The topological polar surface area (TPSA) is 50.7 Å². The van der Waals surface area contributed by atoms with E-state index in [1.54, 1.807) is 7.11 Å². The molecule has 1 aromatic rings. The zero-order valence-electron chi connectivity index (χ0n) is 14.8. The van der Waals surface area contributed by atoms with Gasteiger partial charge in [-0.15, -0.1) is 0 Å². The molecule has 22 heavy (non-hydrogen) atoms. The number of hydrogen-bond donors (Lipinski definition) is 2. The van der Waals surface area contributed by atoms with Gasteiger partial charge in [-0.3, -0.25) is 0 Å². The summed E-state index contributed by atoms with van der Waals surface area (Å²) < 4.78 is 10.8. The maximum absolute atomic E-state index is 10.1. The monoisotopic (exact) mass is 309 g/mol. The van der Waals surface area contributed by atoms with Crippen LogP contribution in [-0.2, 0) is 0 Å². The average molecular weight is 309 g/mol. The van der Waals surface area contributed by atoms with Crippen molar-refractivity contribution >= 4 is 0 Å². The SMILES string of the molecule is COc1cccc(OC[C@H](O)CNC(C)(C)CC(C)(C)C)c1. The van der Waals surface area contributed by atoms with Gasteiger partial charge in [0.1, 0.15) is 24.2 Å². The lowest BCUT2D eigenvalue weighted by molar-refractivity contribution is 0.0943. The molecule has 1 atom stereocenters. The van der Waals surface area contributed by atoms with Gasteiger partial charge in [0.25, 0.3) is 0 Å². The molecule has 0 aliphatic heterocycles. The van der Waals surface area contributed by atoms with Gasteiger partial charge in [-0.2, -0.15) is 0 Å². The minimum Gasteiger partial charge on any atom is -0.497 e. The molecule has 2 N–H and O–H groups in total. The van der Waals surface area contributed by atoms with Crippen molar-refractivity contribution in [3.05, 3.63) is 24.3 Å². The molecule has 126 valence electrons. The summed E-state index contributed by atoms with van der Waals surface area (Å²) in [7, 11) is 1.62. The van der Waals surface area contributed by atoms with E-state index in [1.807, 2.05) is 24.3 Å². The lowest BCUT2D eigenvalue weighted by Crippen LogP contribution is -2.46. The zero-order chi connectivity index (χ0) is 16.8. The minimum absolute atomic E-state index is 0.0187. The first kappa shape index (κ1) is 18.8. The van der Waals surface area contributed by atoms with E-state index in [1.165, 1.54) is 0 Å². The van der Waals surface area contributed by atoms with Crippen LogP contribution in [0.15, 0.2) is 24.3 Å². The van der Waals surface area contributed by atoms with Gasteiger partial charge < -0.3 is 19.9 Å². The van der Waals surface area contributed by atoms with Crippen LogP contribution in [0.3, 0.4) is 0 Å². The lowest BCUT2D eigenvalue weighted by Gasteiger charge is -2.34. The summed E-state index contributed by atoms with van der Waals surface area (Å²) in [4.78, 5) is 0. The Morgan fingerprint density at radius 1 is 1.14 bits per heavy atom. The summed E-state index contributed by atoms with van der Waals surface area (Å²) in [5.74, 6) is 1.45. The second-order valence-corrected chi connectivity index (χ2v) is 7.65. The molecule has 0 saturated carbocycles. The largest absolute Gasteiger partial charge is 0.497 e. The molecule has 4 heteroatoms. The van der Waals surface area contributed by atoms with Crippen LogP contribution in [0.5, 0.6) is 11.5 Å². The Morgan fingerprint density at radius 2 is 1.77 bits per heavy atom. The van der Waals surface area contributed by atoms with Crippen molar-refractivity contribution in [2.75, 3.05) is 20.3 Å². The van der Waals surface area contributed by atoms with E-state index in [0.29, 0.717) is 12.3 Å². The number of rotatable bonds is 8. The van der Waals surface area contributed by atoms with Gasteiger partial charge in [0.05, 0.1) is 7.11 Å². The molecule has 0 spiro atoms. The summed E-state index contributed by atoms with van der Waals surface area (Å²) in [6.45, 7) is 11.7. The number of aliphatic hydroxyl groups excluding tert-OH is 1. The van der Waals surface area contributed by atoms with Crippen LogP contribution in [0.1, 0.15) is 41.0 Å². The summed E-state index contributed by atoms with van der Waals surface area (Å²) in [5, 5.41) is 13.5. The van der Waals surface area contributed by atoms with Crippen molar-refractivity contribution in [1.82, 2.24) is 5.32 Å². The van der Waals surface area contributed by atoms with Gasteiger partial charge in [0, 0.05) is 18.2 Å². The van der Waals surface area contributed by atoms with Crippen molar-refractivity contribution in [1.29, 1.82) is 0 Å². The standard InChI is InChI=1S/C18H31NO3/c1-17(2,3)13-18(4,5)19-11-14(20)12-22-16-9-7-8-15(10-16)21-6/h7-10,14,19-20H,11-13H2,1-6H3/t14-/m1/s1. The maximum Gasteiger partial charge on any atom is 0.123 e. The van der Waals surface area contributed by atoms with Crippen LogP contribution in [0.4, 0.5) is 0 Å². The van der Waals surface area contributed by atoms with E-state index in [0.717, 1.165) is 12.2 Å².